The van der Waals surface area contributed by atoms with Gasteiger partial charge in [-0.1, -0.05) is 20.3 Å². The van der Waals surface area contributed by atoms with Crippen molar-refractivity contribution in [2.24, 2.45) is 17.3 Å². The maximum atomic E-state index is 3.63. The molecule has 4 atom stereocenters. The van der Waals surface area contributed by atoms with Crippen LogP contribution in [0.5, 0.6) is 0 Å². The van der Waals surface area contributed by atoms with Crippen LogP contribution in [0.1, 0.15) is 58.8 Å². The summed E-state index contributed by atoms with van der Waals surface area (Å²) in [4.78, 5) is 5.65. The molecule has 23 heavy (non-hydrogen) atoms. The van der Waals surface area contributed by atoms with E-state index in [-0.39, 0.29) is 0 Å². The van der Waals surface area contributed by atoms with Gasteiger partial charge in [-0.25, -0.2) is 0 Å². The highest BCUT2D eigenvalue weighted by atomic mass is 15.2. The van der Waals surface area contributed by atoms with E-state index < -0.39 is 0 Å². The van der Waals surface area contributed by atoms with Crippen LogP contribution in [-0.2, 0) is 0 Å². The van der Waals surface area contributed by atoms with Gasteiger partial charge in [0.1, 0.15) is 0 Å². The number of piperidine rings is 1. The van der Waals surface area contributed by atoms with E-state index >= 15 is 0 Å². The molecule has 4 rings (SSSR count). The Morgan fingerprint density at radius 3 is 2.52 bits per heavy atom. The second-order valence-electron chi connectivity index (χ2n) is 8.79. The van der Waals surface area contributed by atoms with Crippen molar-refractivity contribution in [1.29, 1.82) is 0 Å². The third kappa shape index (κ3) is 2.77. The van der Waals surface area contributed by atoms with E-state index in [1.165, 1.54) is 84.2 Å². The van der Waals surface area contributed by atoms with Gasteiger partial charge in [-0.05, 0) is 88.5 Å². The molecule has 3 aliphatic heterocycles. The van der Waals surface area contributed by atoms with Gasteiger partial charge in [0, 0.05) is 18.6 Å². The fraction of sp³-hybridized carbons (Fsp3) is 1.00. The molecule has 3 heterocycles. The van der Waals surface area contributed by atoms with Crippen molar-refractivity contribution in [3.05, 3.63) is 0 Å². The first-order chi connectivity index (χ1) is 11.3. The van der Waals surface area contributed by atoms with Crippen molar-refractivity contribution < 1.29 is 0 Å². The molecule has 132 valence electrons. The maximum Gasteiger partial charge on any atom is 0.0135 e. The molecule has 3 unspecified atom stereocenters. The lowest BCUT2D eigenvalue weighted by molar-refractivity contribution is -0.0787. The first kappa shape index (κ1) is 16.4. The molecule has 0 bridgehead atoms. The highest BCUT2D eigenvalue weighted by Crippen LogP contribution is 2.54. The Morgan fingerprint density at radius 1 is 1.04 bits per heavy atom. The van der Waals surface area contributed by atoms with Crippen LogP contribution in [0.25, 0.3) is 0 Å². The van der Waals surface area contributed by atoms with Gasteiger partial charge in [0.15, 0.2) is 0 Å². The lowest BCUT2D eigenvalue weighted by atomic mass is 9.54. The number of nitrogens with zero attached hydrogens (tertiary/aromatic N) is 2. The Morgan fingerprint density at radius 2 is 1.87 bits per heavy atom. The zero-order chi connectivity index (χ0) is 15.9. The van der Waals surface area contributed by atoms with Crippen LogP contribution in [0.3, 0.4) is 0 Å². The van der Waals surface area contributed by atoms with E-state index in [2.05, 4.69) is 29.0 Å². The van der Waals surface area contributed by atoms with Gasteiger partial charge in [-0.3, -0.25) is 0 Å². The van der Waals surface area contributed by atoms with Crippen LogP contribution in [0.4, 0.5) is 0 Å². The minimum Gasteiger partial charge on any atom is -0.316 e. The van der Waals surface area contributed by atoms with Gasteiger partial charge in [0.05, 0.1) is 0 Å². The van der Waals surface area contributed by atoms with E-state index in [0.29, 0.717) is 5.41 Å². The number of nitrogens with one attached hydrogen (secondary N) is 1. The van der Waals surface area contributed by atoms with Crippen LogP contribution in [0.2, 0.25) is 0 Å². The molecule has 1 aliphatic carbocycles. The minimum absolute atomic E-state index is 0.681. The van der Waals surface area contributed by atoms with E-state index in [1.54, 1.807) is 0 Å². The van der Waals surface area contributed by atoms with Gasteiger partial charge in [-0.15, -0.1) is 0 Å². The molecule has 0 aromatic rings. The highest BCUT2D eigenvalue weighted by Gasteiger charge is 2.55. The smallest absolute Gasteiger partial charge is 0.0135 e. The number of likely N-dealkylation sites (tertiary alicyclic amines) is 2. The molecule has 1 spiro atoms. The van der Waals surface area contributed by atoms with Gasteiger partial charge >= 0.3 is 0 Å². The molecule has 0 amide bonds. The zero-order valence-electron chi connectivity index (χ0n) is 15.4. The quantitative estimate of drug-likeness (QED) is 0.859. The van der Waals surface area contributed by atoms with Crippen LogP contribution in [0, 0.1) is 17.3 Å². The molecular formula is C20H37N3. The summed E-state index contributed by atoms with van der Waals surface area (Å²) in [5, 5.41) is 3.63. The summed E-state index contributed by atoms with van der Waals surface area (Å²) in [7, 11) is 0. The molecule has 3 nitrogen and oxygen atoms in total. The summed E-state index contributed by atoms with van der Waals surface area (Å²) in [5.74, 6) is 1.95. The predicted molar refractivity (Wildman–Crippen MR) is 96.7 cm³/mol. The third-order valence-corrected chi connectivity index (χ3v) is 7.99. The van der Waals surface area contributed by atoms with E-state index in [1.807, 2.05) is 0 Å². The number of hydrogen-bond acceptors (Lipinski definition) is 3. The molecule has 0 aromatic carbocycles. The Labute approximate surface area is 143 Å². The molecule has 0 aromatic heterocycles. The fourth-order valence-corrected chi connectivity index (χ4v) is 6.71. The molecule has 0 radical (unpaired) electrons. The first-order valence-electron chi connectivity index (χ1n) is 10.5. The van der Waals surface area contributed by atoms with Crippen molar-refractivity contribution in [3.63, 3.8) is 0 Å². The van der Waals surface area contributed by atoms with Crippen LogP contribution < -0.4 is 5.32 Å². The Hall–Kier alpha value is -0.120. The number of hydrogen-bond donors (Lipinski definition) is 1. The van der Waals surface area contributed by atoms with Crippen LogP contribution in [0.15, 0.2) is 0 Å². The molecule has 4 fully saturated rings. The van der Waals surface area contributed by atoms with Crippen molar-refractivity contribution in [3.8, 4) is 0 Å². The summed E-state index contributed by atoms with van der Waals surface area (Å²) in [6, 6.07) is 1.82. The Balaban J connectivity index is 1.32. The first-order valence-corrected chi connectivity index (χ1v) is 10.5. The van der Waals surface area contributed by atoms with Crippen LogP contribution in [-0.4, -0.2) is 61.2 Å². The van der Waals surface area contributed by atoms with Gasteiger partial charge < -0.3 is 15.1 Å². The Bertz CT molecular complexity index is 396. The van der Waals surface area contributed by atoms with Crippen LogP contribution >= 0.6 is 0 Å². The van der Waals surface area contributed by atoms with Crippen molar-refractivity contribution in [2.45, 2.75) is 70.9 Å². The summed E-state index contributed by atoms with van der Waals surface area (Å²) in [6.45, 7) is 12.7. The SMILES string of the molecule is CCC1C(N2CCC([C@@H]3CCCN3CC)CC2)CC12CCNC2. The fourth-order valence-electron chi connectivity index (χ4n) is 6.71. The third-order valence-electron chi connectivity index (χ3n) is 7.99. The molecular weight excluding hydrogens is 282 g/mol. The lowest BCUT2D eigenvalue weighted by Gasteiger charge is -2.58. The van der Waals surface area contributed by atoms with Gasteiger partial charge in [-0.2, -0.15) is 0 Å². The second kappa shape index (κ2) is 6.65. The van der Waals surface area contributed by atoms with Crippen molar-refractivity contribution >= 4 is 0 Å². The summed E-state index contributed by atoms with van der Waals surface area (Å²) < 4.78 is 0. The summed E-state index contributed by atoms with van der Waals surface area (Å²) >= 11 is 0. The minimum atomic E-state index is 0.681. The standard InChI is InChI=1S/C20H37N3/c1-3-17-19(14-20(17)9-10-21-15-20)23-12-7-16(8-13-23)18-6-5-11-22(18)4-2/h16-19,21H,3-15H2,1-2H3/t17?,18-,19?,20?/m0/s1. The highest BCUT2D eigenvalue weighted by molar-refractivity contribution is 5.09. The lowest BCUT2D eigenvalue weighted by Crippen LogP contribution is -2.61. The molecule has 1 saturated carbocycles. The number of rotatable bonds is 4. The second-order valence-corrected chi connectivity index (χ2v) is 8.79. The summed E-state index contributed by atoms with van der Waals surface area (Å²) in [6.07, 6.45) is 10.1. The van der Waals surface area contributed by atoms with Crippen molar-refractivity contribution in [2.75, 3.05) is 39.3 Å². The monoisotopic (exact) mass is 319 g/mol. The zero-order valence-corrected chi connectivity index (χ0v) is 15.4. The molecule has 3 heteroatoms. The average molecular weight is 320 g/mol. The topological polar surface area (TPSA) is 18.5 Å². The predicted octanol–water partition coefficient (Wildman–Crippen LogP) is 2.96. The molecule has 1 N–H and O–H groups in total. The average Bonchev–Trinajstić information content (AvgIpc) is 3.24. The normalized spacial score (nSPS) is 43.3. The largest absolute Gasteiger partial charge is 0.316 e. The summed E-state index contributed by atoms with van der Waals surface area (Å²) in [5.41, 5.74) is 0.681. The van der Waals surface area contributed by atoms with E-state index in [9.17, 15) is 0 Å². The Kier molecular flexibility index (Phi) is 4.73. The van der Waals surface area contributed by atoms with Gasteiger partial charge in [0.25, 0.3) is 0 Å². The van der Waals surface area contributed by atoms with E-state index in [4.69, 9.17) is 0 Å². The van der Waals surface area contributed by atoms with E-state index in [0.717, 1.165) is 23.9 Å². The molecule has 3 saturated heterocycles. The maximum absolute atomic E-state index is 3.63. The molecule has 4 aliphatic rings. The van der Waals surface area contributed by atoms with Gasteiger partial charge in [0.2, 0.25) is 0 Å². The van der Waals surface area contributed by atoms with Crippen molar-refractivity contribution in [1.82, 2.24) is 15.1 Å².